The molecule has 3 aliphatic heterocycles. The van der Waals surface area contributed by atoms with E-state index in [4.69, 9.17) is 14.3 Å². The van der Waals surface area contributed by atoms with Gasteiger partial charge in [0.25, 0.3) is 18.2 Å². The summed E-state index contributed by atoms with van der Waals surface area (Å²) in [6.07, 6.45) is -7.80. The zero-order chi connectivity index (χ0) is 62.8. The number of nitrogens with two attached hydrogens (primary N) is 1. The molecule has 4 fully saturated rings. The Kier molecular flexibility index (Phi) is 24.2. The predicted molar refractivity (Wildman–Crippen MR) is 298 cm³/mol. The maximum atomic E-state index is 14.7. The van der Waals surface area contributed by atoms with Crippen LogP contribution >= 0.6 is 12.3 Å². The van der Waals surface area contributed by atoms with Crippen molar-refractivity contribution in [2.24, 2.45) is 11.7 Å². The molecular formula is C56H69N10NaO20S. The number of amides is 8. The van der Waals surface area contributed by atoms with Gasteiger partial charge in [0.2, 0.25) is 53.1 Å². The first kappa shape index (κ1) is 68.6. The second kappa shape index (κ2) is 31.1. The monoisotopic (exact) mass is 1260 g/mol. The van der Waals surface area contributed by atoms with E-state index in [9.17, 15) is 79.4 Å². The summed E-state index contributed by atoms with van der Waals surface area (Å²) in [5.74, 6) is -10.3. The number of aliphatic hydroxyl groups is 6. The van der Waals surface area contributed by atoms with Crippen LogP contribution < -0.4 is 71.3 Å². The molecule has 8 rings (SSSR count). The third kappa shape index (κ3) is 16.9. The summed E-state index contributed by atoms with van der Waals surface area (Å²) in [6, 6.07) is 5.48. The van der Waals surface area contributed by atoms with Crippen molar-refractivity contribution in [3.8, 4) is 34.4 Å². The Balaban J connectivity index is 0.0000110. The molecule has 4 aliphatic rings. The van der Waals surface area contributed by atoms with Crippen LogP contribution in [0.4, 0.5) is 0 Å². The smallest absolute Gasteiger partial charge is 0.691 e. The van der Waals surface area contributed by atoms with Crippen molar-refractivity contribution in [3.63, 3.8) is 0 Å². The predicted octanol–water partition coefficient (Wildman–Crippen LogP) is -5.85. The second-order valence-electron chi connectivity index (χ2n) is 22.2. The number of aromatic hydroxyl groups is 1. The quantitative estimate of drug-likeness (QED) is 0.0163. The molecule has 88 heavy (non-hydrogen) atoms. The molecular weight excluding hydrogens is 1190 g/mol. The number of phenolic OH excluding ortho intramolecular Hbond substituents is 1. The van der Waals surface area contributed by atoms with E-state index in [0.717, 1.165) is 41.7 Å². The van der Waals surface area contributed by atoms with Gasteiger partial charge in [0.1, 0.15) is 36.3 Å². The van der Waals surface area contributed by atoms with E-state index >= 15 is 0 Å². The summed E-state index contributed by atoms with van der Waals surface area (Å²) in [4.78, 5) is 115. The molecule has 0 bridgehead atoms. The molecule has 13 atom stereocenters. The number of carbonyl (C=O) groups is 8. The Bertz CT molecular complexity index is 3120. The normalized spacial score (nSPS) is 26.4. The number of phenols is 1. The summed E-state index contributed by atoms with van der Waals surface area (Å²) in [5, 5.41) is 112. The molecule has 8 amide bonds. The van der Waals surface area contributed by atoms with Crippen LogP contribution in [-0.4, -0.2) is 196 Å². The molecule has 13 unspecified atom stereocenters. The van der Waals surface area contributed by atoms with Crippen LogP contribution in [0.3, 0.4) is 0 Å². The first-order chi connectivity index (χ1) is 41.5. The van der Waals surface area contributed by atoms with Crippen molar-refractivity contribution in [1.29, 1.82) is 0 Å². The number of aliphatic hydroxyl groups excluding tert-OH is 6. The van der Waals surface area contributed by atoms with Gasteiger partial charge >= 0.3 is 29.6 Å². The molecule has 1 aromatic heterocycles. The number of hydrogen-bond acceptors (Lipinski definition) is 23. The van der Waals surface area contributed by atoms with Crippen LogP contribution in [0, 0.1) is 5.92 Å². The molecule has 3 aromatic carbocycles. The van der Waals surface area contributed by atoms with E-state index in [0.29, 0.717) is 17.0 Å². The number of carbonyl (C=O) groups excluding carboxylic acids is 8. The summed E-state index contributed by atoms with van der Waals surface area (Å²) in [5.41, 5.74) is 7.82. The first-order valence-electron chi connectivity index (χ1n) is 28.1. The number of aromatic nitrogens is 2. The van der Waals surface area contributed by atoms with E-state index in [1.54, 1.807) is 0 Å². The molecule has 1 aliphatic carbocycles. The van der Waals surface area contributed by atoms with Crippen molar-refractivity contribution in [1.82, 2.24) is 46.6 Å². The van der Waals surface area contributed by atoms with Crippen LogP contribution in [0.5, 0.6) is 11.5 Å². The Morgan fingerprint density at radius 2 is 1.41 bits per heavy atom. The van der Waals surface area contributed by atoms with Crippen LogP contribution in [0.1, 0.15) is 92.6 Å². The van der Waals surface area contributed by atoms with Crippen LogP contribution in [-0.2, 0) is 49.4 Å². The fourth-order valence-electron chi connectivity index (χ4n) is 11.2. The zero-order valence-electron chi connectivity index (χ0n) is 48.1. The van der Waals surface area contributed by atoms with Gasteiger partial charge in [-0.3, -0.25) is 43.4 Å². The van der Waals surface area contributed by atoms with Gasteiger partial charge in [-0.25, -0.2) is 0 Å². The SMILES string of the molecule is CC(O)C1NC(=O)C(NC(=O)c2ccc(-c3nnc(-c4ccc(C5CCCCC5)cc4)o3)cc2)CC(O)CNC(=O)C2C(O)C(C)CN2C(=O)C(C(O)CC(N)=O)NC(=O)C(C(O)Cc2ccc(O)c(OSOO[O-])c2)NC(=O)C2CC(O)CN2C1=O.[Na+]. The molecule has 14 N–H and O–H groups in total. The number of nitrogens with zero attached hydrogens (tertiary/aromatic N) is 4. The topological polar surface area (TPSA) is 460 Å². The van der Waals surface area contributed by atoms with Crippen molar-refractivity contribution >= 4 is 59.6 Å². The Labute approximate surface area is 529 Å². The molecule has 32 heteroatoms. The number of primary amides is 1. The average molecular weight is 1260 g/mol. The molecule has 4 heterocycles. The van der Waals surface area contributed by atoms with Gasteiger partial charge in [-0.05, 0) is 85.3 Å². The standard InChI is InChI=1S/C56H70N10O20S.Na/c1-26-24-66-46(47(26)74)52(79)58-23-34(68)20-36(59-48(75)31-11-15-33(16-12-31)54-64-63-53(83-54)32-13-9-30(10-14-32)29-6-4-3-5-7-29)49(76)60-43(27(2)67)55(80)65-25-35(69)21-37(65)50(77)61-44(51(78)62-45(56(66)81)40(72)22-42(57)73)39(71)18-28-8-17-38(70)41(19-28)84-87-86-85-82;/h8-17,19,26-27,29,34-37,39-40,43-47,67-72,74,82H,3-7,18,20-25H2,1-2H3,(H2,57,73)(H,58,79)(H,59,75)(H,60,76)(H,61,77)(H,62,78);/q;+1/p-1. The summed E-state index contributed by atoms with van der Waals surface area (Å²) < 4.78 is 15.1. The third-order valence-electron chi connectivity index (χ3n) is 15.9. The minimum absolute atomic E-state index is 0. The molecule has 0 radical (unpaired) electrons. The van der Waals surface area contributed by atoms with E-state index < -0.39 is 177 Å². The molecule has 3 saturated heterocycles. The fraction of sp³-hybridized carbons (Fsp3) is 0.500. The Hall–Kier alpha value is -6.85. The minimum atomic E-state index is -2.22. The van der Waals surface area contributed by atoms with E-state index in [1.807, 2.05) is 12.1 Å². The minimum Gasteiger partial charge on any atom is -0.691 e. The molecule has 4 aromatic rings. The molecule has 470 valence electrons. The first-order valence-corrected chi connectivity index (χ1v) is 28.8. The molecule has 1 saturated carbocycles. The third-order valence-corrected chi connectivity index (χ3v) is 16.2. The summed E-state index contributed by atoms with van der Waals surface area (Å²) in [6.45, 7) is 0.838. The van der Waals surface area contributed by atoms with Gasteiger partial charge in [0.05, 0.1) is 43.0 Å². The maximum absolute atomic E-state index is 14.7. The molecule has 30 nitrogen and oxygen atoms in total. The number of β-amino-alcohol motifs (C(OH)–C–C–N with tert-alkyl or cyclic N) is 1. The Morgan fingerprint density at radius 3 is 2.05 bits per heavy atom. The van der Waals surface area contributed by atoms with E-state index in [-0.39, 0.29) is 70.5 Å². The van der Waals surface area contributed by atoms with Gasteiger partial charge in [-0.2, -0.15) is 0 Å². The van der Waals surface area contributed by atoms with Crippen LogP contribution in [0.2, 0.25) is 0 Å². The number of fused-ring (bicyclic) bond motifs is 2. The van der Waals surface area contributed by atoms with Gasteiger partial charge in [0.15, 0.2) is 11.5 Å². The average Bonchev–Trinajstić information content (AvgIpc) is 2.11. The number of benzene rings is 3. The van der Waals surface area contributed by atoms with Crippen LogP contribution in [0.15, 0.2) is 71.1 Å². The maximum Gasteiger partial charge on any atom is 1.00 e. The van der Waals surface area contributed by atoms with Gasteiger partial charge in [-0.15, -0.1) is 14.5 Å². The summed E-state index contributed by atoms with van der Waals surface area (Å²) in [7, 11) is 0. The fourth-order valence-corrected chi connectivity index (χ4v) is 11.5. The molecule has 0 spiro atoms. The van der Waals surface area contributed by atoms with Crippen molar-refractivity contribution < 1.29 is 127 Å². The largest absolute Gasteiger partial charge is 1.00 e. The number of nitrogens with one attached hydrogen (secondary N) is 5. The van der Waals surface area contributed by atoms with Gasteiger partial charge in [-0.1, -0.05) is 44.4 Å². The van der Waals surface area contributed by atoms with Gasteiger partial charge < -0.3 is 91.7 Å². The number of rotatable bonds is 16. The van der Waals surface area contributed by atoms with Gasteiger partial charge in [0, 0.05) is 61.5 Å². The zero-order valence-corrected chi connectivity index (χ0v) is 50.9. The van der Waals surface area contributed by atoms with Crippen molar-refractivity contribution in [2.75, 3.05) is 19.6 Å². The summed E-state index contributed by atoms with van der Waals surface area (Å²) >= 11 is -0.00587. The van der Waals surface area contributed by atoms with E-state index in [2.05, 4.69) is 58.3 Å². The van der Waals surface area contributed by atoms with E-state index in [1.165, 1.54) is 62.1 Å². The van der Waals surface area contributed by atoms with Crippen LogP contribution in [0.25, 0.3) is 22.9 Å². The van der Waals surface area contributed by atoms with Crippen molar-refractivity contribution in [3.05, 3.63) is 83.4 Å². The second-order valence-corrected chi connectivity index (χ2v) is 22.6. The number of hydrogen-bond donors (Lipinski definition) is 13. The Morgan fingerprint density at radius 1 is 0.784 bits per heavy atom. The van der Waals surface area contributed by atoms with Crippen molar-refractivity contribution in [2.45, 2.75) is 150 Å².